The van der Waals surface area contributed by atoms with Gasteiger partial charge in [-0.2, -0.15) is 0 Å². The molecule has 1 fully saturated rings. The molecular formula is C15H18N6O. The number of nitrogens with zero attached hydrogens (tertiary/aromatic N) is 4. The Kier molecular flexibility index (Phi) is 3.62. The highest BCUT2D eigenvalue weighted by atomic mass is 16.4. The Balaban J connectivity index is 1.89. The van der Waals surface area contributed by atoms with Gasteiger partial charge in [0.2, 0.25) is 5.95 Å². The van der Waals surface area contributed by atoms with Gasteiger partial charge in [-0.15, -0.1) is 0 Å². The van der Waals surface area contributed by atoms with Crippen molar-refractivity contribution in [3.8, 4) is 11.3 Å². The number of aromatic nitrogens is 3. The number of hydrogen-bond donors (Lipinski definition) is 3. The van der Waals surface area contributed by atoms with Crippen molar-refractivity contribution in [3.05, 3.63) is 36.3 Å². The Hall–Kier alpha value is -2.70. The maximum Gasteiger partial charge on any atom is 0.222 e. The molecule has 22 heavy (non-hydrogen) atoms. The van der Waals surface area contributed by atoms with Crippen molar-refractivity contribution in [1.82, 2.24) is 15.0 Å². The Bertz CT molecular complexity index is 676. The van der Waals surface area contributed by atoms with Gasteiger partial charge in [0, 0.05) is 31.2 Å². The molecule has 0 amide bonds. The van der Waals surface area contributed by atoms with Crippen molar-refractivity contribution >= 4 is 11.8 Å². The van der Waals surface area contributed by atoms with E-state index in [4.69, 9.17) is 10.9 Å². The molecule has 0 aliphatic heterocycles. The van der Waals surface area contributed by atoms with Crippen LogP contribution in [0, 0.1) is 0 Å². The van der Waals surface area contributed by atoms with Crippen LogP contribution in [0.3, 0.4) is 0 Å². The van der Waals surface area contributed by atoms with Gasteiger partial charge < -0.3 is 16.3 Å². The predicted molar refractivity (Wildman–Crippen MR) is 83.7 cm³/mol. The monoisotopic (exact) mass is 298 g/mol. The van der Waals surface area contributed by atoms with E-state index in [0.29, 0.717) is 5.95 Å². The average Bonchev–Trinajstić information content (AvgIpc) is 2.54. The number of rotatable bonds is 4. The molecule has 0 saturated heterocycles. The van der Waals surface area contributed by atoms with Gasteiger partial charge in [0.05, 0.1) is 11.1 Å². The Morgan fingerprint density at radius 1 is 1.23 bits per heavy atom. The number of amidine groups is 1. The Morgan fingerprint density at radius 3 is 2.41 bits per heavy atom. The van der Waals surface area contributed by atoms with E-state index < -0.39 is 0 Å². The first kappa shape index (κ1) is 14.2. The SMILES string of the molecule is CNc1ncc(-c2ccc(C3(/C(N)=N/O)CCC3)cn2)cn1. The normalized spacial score (nSPS) is 16.9. The molecule has 7 nitrogen and oxygen atoms in total. The van der Waals surface area contributed by atoms with Crippen molar-refractivity contribution in [3.63, 3.8) is 0 Å². The summed E-state index contributed by atoms with van der Waals surface area (Å²) in [5.74, 6) is 0.829. The fourth-order valence-electron chi connectivity index (χ4n) is 2.76. The van der Waals surface area contributed by atoms with Gasteiger partial charge in [-0.05, 0) is 24.5 Å². The summed E-state index contributed by atoms with van der Waals surface area (Å²) in [5.41, 5.74) is 8.12. The van der Waals surface area contributed by atoms with Crippen LogP contribution in [0.4, 0.5) is 5.95 Å². The Morgan fingerprint density at radius 2 is 1.95 bits per heavy atom. The second-order valence-corrected chi connectivity index (χ2v) is 5.40. The predicted octanol–water partition coefficient (Wildman–Crippen LogP) is 1.75. The van der Waals surface area contributed by atoms with Crippen LogP contribution in [0.2, 0.25) is 0 Å². The standard InChI is InChI=1S/C15H18N6O/c1-17-14-19-7-10(8-20-14)12-4-3-11(9-18-12)15(5-2-6-15)13(16)21-22/h3-4,7-9,22H,2,5-6H2,1H3,(H2,16,21)(H,17,19,20). The van der Waals surface area contributed by atoms with Gasteiger partial charge in [-0.3, -0.25) is 4.98 Å². The molecule has 2 aromatic heterocycles. The summed E-state index contributed by atoms with van der Waals surface area (Å²) >= 11 is 0. The summed E-state index contributed by atoms with van der Waals surface area (Å²) in [6.45, 7) is 0. The van der Waals surface area contributed by atoms with Crippen LogP contribution >= 0.6 is 0 Å². The first-order chi connectivity index (χ1) is 10.7. The summed E-state index contributed by atoms with van der Waals surface area (Å²) < 4.78 is 0. The van der Waals surface area contributed by atoms with Crippen molar-refractivity contribution in [2.45, 2.75) is 24.7 Å². The van der Waals surface area contributed by atoms with E-state index in [1.807, 2.05) is 12.1 Å². The van der Waals surface area contributed by atoms with Crippen molar-refractivity contribution < 1.29 is 5.21 Å². The average molecular weight is 298 g/mol. The zero-order chi connectivity index (χ0) is 15.6. The van der Waals surface area contributed by atoms with Gasteiger partial charge in [0.25, 0.3) is 0 Å². The molecule has 7 heteroatoms. The molecule has 3 rings (SSSR count). The molecule has 1 saturated carbocycles. The van der Waals surface area contributed by atoms with Crippen LogP contribution in [0.5, 0.6) is 0 Å². The molecule has 1 aliphatic rings. The largest absolute Gasteiger partial charge is 0.409 e. The van der Waals surface area contributed by atoms with Gasteiger partial charge >= 0.3 is 0 Å². The van der Waals surface area contributed by atoms with Crippen LogP contribution in [0.1, 0.15) is 24.8 Å². The van der Waals surface area contributed by atoms with E-state index in [1.54, 1.807) is 25.6 Å². The Labute approximate surface area is 128 Å². The molecular weight excluding hydrogens is 280 g/mol. The summed E-state index contributed by atoms with van der Waals surface area (Å²) in [6, 6.07) is 3.89. The van der Waals surface area contributed by atoms with E-state index in [0.717, 1.165) is 36.1 Å². The number of anilines is 1. The fourth-order valence-corrected chi connectivity index (χ4v) is 2.76. The van der Waals surface area contributed by atoms with Gasteiger partial charge in [-0.1, -0.05) is 17.6 Å². The van der Waals surface area contributed by atoms with Crippen molar-refractivity contribution in [2.24, 2.45) is 10.9 Å². The van der Waals surface area contributed by atoms with Crippen molar-refractivity contribution in [2.75, 3.05) is 12.4 Å². The van der Waals surface area contributed by atoms with E-state index >= 15 is 0 Å². The van der Waals surface area contributed by atoms with Crippen molar-refractivity contribution in [1.29, 1.82) is 0 Å². The highest BCUT2D eigenvalue weighted by molar-refractivity contribution is 5.92. The molecule has 2 aromatic rings. The van der Waals surface area contributed by atoms with Crippen LogP contribution in [-0.2, 0) is 5.41 Å². The summed E-state index contributed by atoms with van der Waals surface area (Å²) in [5, 5.41) is 15.1. The van der Waals surface area contributed by atoms with E-state index in [-0.39, 0.29) is 11.3 Å². The summed E-state index contributed by atoms with van der Waals surface area (Å²) in [7, 11) is 1.77. The van der Waals surface area contributed by atoms with E-state index in [2.05, 4.69) is 25.4 Å². The number of hydrogen-bond acceptors (Lipinski definition) is 6. The molecule has 1 aliphatic carbocycles. The molecule has 114 valence electrons. The van der Waals surface area contributed by atoms with Gasteiger partial charge in [0.15, 0.2) is 0 Å². The second kappa shape index (κ2) is 5.59. The molecule has 0 bridgehead atoms. The zero-order valence-corrected chi connectivity index (χ0v) is 12.3. The fraction of sp³-hybridized carbons (Fsp3) is 0.333. The molecule has 0 unspecified atom stereocenters. The zero-order valence-electron chi connectivity index (χ0n) is 12.3. The first-order valence-corrected chi connectivity index (χ1v) is 7.14. The lowest BCUT2D eigenvalue weighted by atomic mass is 9.64. The maximum atomic E-state index is 9.00. The summed E-state index contributed by atoms with van der Waals surface area (Å²) in [6.07, 6.45) is 8.07. The molecule has 0 aromatic carbocycles. The third kappa shape index (κ3) is 2.24. The lowest BCUT2D eigenvalue weighted by molar-refractivity contribution is 0.286. The quantitative estimate of drug-likeness (QED) is 0.343. The first-order valence-electron chi connectivity index (χ1n) is 7.14. The number of nitrogens with two attached hydrogens (primary N) is 1. The smallest absolute Gasteiger partial charge is 0.222 e. The van der Waals surface area contributed by atoms with Crippen LogP contribution in [-0.4, -0.2) is 33.0 Å². The lowest BCUT2D eigenvalue weighted by Crippen LogP contribution is -2.47. The van der Waals surface area contributed by atoms with Gasteiger partial charge in [-0.25, -0.2) is 9.97 Å². The van der Waals surface area contributed by atoms with Crippen LogP contribution in [0.15, 0.2) is 35.9 Å². The van der Waals surface area contributed by atoms with Crippen LogP contribution < -0.4 is 11.1 Å². The third-order valence-electron chi connectivity index (χ3n) is 4.29. The number of nitrogens with one attached hydrogen (secondary N) is 1. The second-order valence-electron chi connectivity index (χ2n) is 5.40. The van der Waals surface area contributed by atoms with E-state index in [9.17, 15) is 0 Å². The minimum Gasteiger partial charge on any atom is -0.409 e. The summed E-state index contributed by atoms with van der Waals surface area (Å²) in [4.78, 5) is 12.8. The molecule has 0 atom stereocenters. The minimum atomic E-state index is -0.368. The third-order valence-corrected chi connectivity index (χ3v) is 4.29. The van der Waals surface area contributed by atoms with Crippen LogP contribution in [0.25, 0.3) is 11.3 Å². The molecule has 2 heterocycles. The topological polar surface area (TPSA) is 109 Å². The minimum absolute atomic E-state index is 0.259. The number of oxime groups is 1. The number of pyridine rings is 1. The highest BCUT2D eigenvalue weighted by Crippen LogP contribution is 2.43. The van der Waals surface area contributed by atoms with Gasteiger partial charge in [0.1, 0.15) is 5.84 Å². The maximum absolute atomic E-state index is 9.00. The van der Waals surface area contributed by atoms with E-state index in [1.165, 1.54) is 0 Å². The molecule has 0 spiro atoms. The molecule has 4 N–H and O–H groups in total. The highest BCUT2D eigenvalue weighted by Gasteiger charge is 2.43. The lowest BCUT2D eigenvalue weighted by Gasteiger charge is -2.40. The molecule has 0 radical (unpaired) electrons.